The smallest absolute Gasteiger partial charge is 0.0872 e. The second-order valence-corrected chi connectivity index (χ2v) is 3.97. The molecule has 0 N–H and O–H groups in total. The molecule has 1 unspecified atom stereocenters. The molecular formula is C9H14FN. The highest BCUT2D eigenvalue weighted by Crippen LogP contribution is 2.40. The number of fused-ring (bicyclic) bond motifs is 1. The molecule has 2 heteroatoms. The number of hydrogen-bond donors (Lipinski definition) is 0. The summed E-state index contributed by atoms with van der Waals surface area (Å²) in [5, 5.41) is 0. The average molecular weight is 155 g/mol. The summed E-state index contributed by atoms with van der Waals surface area (Å²) in [5.41, 5.74) is 1.28. The molecule has 62 valence electrons. The maximum atomic E-state index is 12.2. The number of hydrogen-bond acceptors (Lipinski definition) is 1. The fourth-order valence-electron chi connectivity index (χ4n) is 2.41. The molecular weight excluding hydrogens is 141 g/mol. The molecule has 0 saturated carbocycles. The van der Waals surface area contributed by atoms with E-state index in [1.54, 1.807) is 0 Å². The van der Waals surface area contributed by atoms with E-state index in [1.807, 2.05) is 0 Å². The Kier molecular flexibility index (Phi) is 1.53. The fraction of sp³-hybridized carbons (Fsp3) is 0.778. The van der Waals surface area contributed by atoms with Gasteiger partial charge >= 0.3 is 0 Å². The summed E-state index contributed by atoms with van der Waals surface area (Å²) < 4.78 is 12.2. The third-order valence-corrected chi connectivity index (χ3v) is 3.06. The van der Waals surface area contributed by atoms with E-state index in [-0.39, 0.29) is 0 Å². The molecule has 2 heterocycles. The SMILES string of the molecule is CC12CCCN1CC(=CF)C2. The second kappa shape index (κ2) is 2.31. The highest BCUT2D eigenvalue weighted by Gasteiger charge is 2.42. The van der Waals surface area contributed by atoms with Crippen LogP contribution >= 0.6 is 0 Å². The highest BCUT2D eigenvalue weighted by atomic mass is 19.1. The van der Waals surface area contributed by atoms with E-state index in [2.05, 4.69) is 11.8 Å². The Morgan fingerprint density at radius 1 is 1.64 bits per heavy atom. The lowest BCUT2D eigenvalue weighted by Crippen LogP contribution is -2.34. The van der Waals surface area contributed by atoms with Gasteiger partial charge in [-0.2, -0.15) is 0 Å². The van der Waals surface area contributed by atoms with Crippen LogP contribution in [0.5, 0.6) is 0 Å². The van der Waals surface area contributed by atoms with Crippen molar-refractivity contribution in [2.45, 2.75) is 31.7 Å². The van der Waals surface area contributed by atoms with Crippen LogP contribution < -0.4 is 0 Å². The Morgan fingerprint density at radius 3 is 3.09 bits per heavy atom. The van der Waals surface area contributed by atoms with E-state index < -0.39 is 0 Å². The quantitative estimate of drug-likeness (QED) is 0.518. The van der Waals surface area contributed by atoms with Crippen molar-refractivity contribution in [2.24, 2.45) is 0 Å². The first-order valence-electron chi connectivity index (χ1n) is 4.28. The molecule has 2 aliphatic heterocycles. The van der Waals surface area contributed by atoms with Crippen LogP contribution in [0, 0.1) is 0 Å². The Hall–Kier alpha value is -0.370. The van der Waals surface area contributed by atoms with Crippen molar-refractivity contribution < 1.29 is 4.39 Å². The third kappa shape index (κ3) is 1.00. The average Bonchev–Trinajstić information content (AvgIpc) is 2.42. The molecule has 1 nitrogen and oxygen atoms in total. The van der Waals surface area contributed by atoms with Gasteiger partial charge in [-0.1, -0.05) is 0 Å². The predicted octanol–water partition coefficient (Wildman–Crippen LogP) is 2.10. The van der Waals surface area contributed by atoms with Gasteiger partial charge in [-0.25, -0.2) is 4.39 Å². The molecule has 11 heavy (non-hydrogen) atoms. The molecule has 2 saturated heterocycles. The van der Waals surface area contributed by atoms with Crippen molar-refractivity contribution in [3.63, 3.8) is 0 Å². The number of halogens is 1. The molecule has 0 aliphatic carbocycles. The van der Waals surface area contributed by atoms with Gasteiger partial charge in [0.2, 0.25) is 0 Å². The van der Waals surface area contributed by atoms with Crippen LogP contribution in [0.25, 0.3) is 0 Å². The van der Waals surface area contributed by atoms with Gasteiger partial charge in [0.15, 0.2) is 0 Å². The normalized spacial score (nSPS) is 41.8. The van der Waals surface area contributed by atoms with E-state index in [0.29, 0.717) is 5.54 Å². The van der Waals surface area contributed by atoms with Crippen molar-refractivity contribution in [1.29, 1.82) is 0 Å². The van der Waals surface area contributed by atoms with Crippen molar-refractivity contribution in [1.82, 2.24) is 4.90 Å². The van der Waals surface area contributed by atoms with E-state index in [1.165, 1.54) is 12.8 Å². The van der Waals surface area contributed by atoms with Gasteiger partial charge in [-0.05, 0) is 38.3 Å². The van der Waals surface area contributed by atoms with E-state index >= 15 is 0 Å². The van der Waals surface area contributed by atoms with Crippen molar-refractivity contribution in [2.75, 3.05) is 13.1 Å². The first-order chi connectivity index (χ1) is 5.24. The molecule has 2 aliphatic rings. The van der Waals surface area contributed by atoms with Gasteiger partial charge in [0, 0.05) is 12.1 Å². The second-order valence-electron chi connectivity index (χ2n) is 3.97. The Morgan fingerprint density at radius 2 is 2.45 bits per heavy atom. The lowest BCUT2D eigenvalue weighted by atomic mass is 9.96. The molecule has 0 radical (unpaired) electrons. The molecule has 0 aromatic carbocycles. The van der Waals surface area contributed by atoms with Crippen LogP contribution in [-0.2, 0) is 0 Å². The highest BCUT2D eigenvalue weighted by molar-refractivity contribution is 5.17. The zero-order valence-corrected chi connectivity index (χ0v) is 6.94. The molecule has 2 rings (SSSR count). The van der Waals surface area contributed by atoms with Gasteiger partial charge in [0.05, 0.1) is 6.33 Å². The summed E-state index contributed by atoms with van der Waals surface area (Å²) in [6.45, 7) is 4.28. The third-order valence-electron chi connectivity index (χ3n) is 3.06. The van der Waals surface area contributed by atoms with E-state index in [9.17, 15) is 4.39 Å². The minimum absolute atomic E-state index is 0.303. The van der Waals surface area contributed by atoms with Crippen LogP contribution in [0.2, 0.25) is 0 Å². The topological polar surface area (TPSA) is 3.24 Å². The maximum absolute atomic E-state index is 12.2. The molecule has 0 amide bonds. The van der Waals surface area contributed by atoms with Gasteiger partial charge in [0.25, 0.3) is 0 Å². The van der Waals surface area contributed by atoms with Crippen LogP contribution in [0.1, 0.15) is 26.2 Å². The summed E-state index contributed by atoms with van der Waals surface area (Å²) in [4.78, 5) is 2.40. The zero-order chi connectivity index (χ0) is 7.90. The van der Waals surface area contributed by atoms with Gasteiger partial charge < -0.3 is 0 Å². The number of nitrogens with zero attached hydrogens (tertiary/aromatic N) is 1. The largest absolute Gasteiger partial charge is 0.294 e. The Balaban J connectivity index is 2.19. The molecule has 0 spiro atoms. The summed E-state index contributed by atoms with van der Waals surface area (Å²) in [6, 6.07) is 0. The van der Waals surface area contributed by atoms with Crippen LogP contribution in [0.3, 0.4) is 0 Å². The summed E-state index contributed by atoms with van der Waals surface area (Å²) in [7, 11) is 0. The van der Waals surface area contributed by atoms with Crippen LogP contribution in [0.4, 0.5) is 4.39 Å². The predicted molar refractivity (Wildman–Crippen MR) is 43.0 cm³/mol. The monoisotopic (exact) mass is 155 g/mol. The first kappa shape index (κ1) is 7.29. The molecule has 2 fully saturated rings. The van der Waals surface area contributed by atoms with Crippen molar-refractivity contribution in [3.05, 3.63) is 11.9 Å². The standard InChI is InChI=1S/C9H14FN/c1-9-3-2-4-11(9)7-8(5-9)6-10/h6H,2-5,7H2,1H3. The summed E-state index contributed by atoms with van der Waals surface area (Å²) in [6.07, 6.45) is 4.27. The lowest BCUT2D eigenvalue weighted by molar-refractivity contribution is 0.218. The van der Waals surface area contributed by atoms with Gasteiger partial charge in [-0.3, -0.25) is 4.90 Å². The van der Waals surface area contributed by atoms with Crippen LogP contribution in [0.15, 0.2) is 11.9 Å². The Labute approximate surface area is 66.9 Å². The van der Waals surface area contributed by atoms with E-state index in [4.69, 9.17) is 0 Å². The van der Waals surface area contributed by atoms with E-state index in [0.717, 1.165) is 31.4 Å². The lowest BCUT2D eigenvalue weighted by Gasteiger charge is -2.25. The van der Waals surface area contributed by atoms with Gasteiger partial charge in [0.1, 0.15) is 0 Å². The molecule has 0 aromatic heterocycles. The summed E-state index contributed by atoms with van der Waals surface area (Å²) >= 11 is 0. The molecule has 0 bridgehead atoms. The first-order valence-corrected chi connectivity index (χ1v) is 4.28. The maximum Gasteiger partial charge on any atom is 0.0872 e. The molecule has 1 atom stereocenters. The minimum atomic E-state index is 0.303. The minimum Gasteiger partial charge on any atom is -0.294 e. The molecule has 0 aromatic rings. The number of rotatable bonds is 0. The zero-order valence-electron chi connectivity index (χ0n) is 6.94. The van der Waals surface area contributed by atoms with Crippen molar-refractivity contribution >= 4 is 0 Å². The fourth-order valence-corrected chi connectivity index (χ4v) is 2.41. The summed E-state index contributed by atoms with van der Waals surface area (Å²) in [5.74, 6) is 0. The Bertz CT molecular complexity index is 200. The van der Waals surface area contributed by atoms with Gasteiger partial charge in [-0.15, -0.1) is 0 Å². The van der Waals surface area contributed by atoms with Crippen molar-refractivity contribution in [3.8, 4) is 0 Å². The van der Waals surface area contributed by atoms with Crippen LogP contribution in [-0.4, -0.2) is 23.5 Å².